The number of aromatic nitrogens is 1. The number of hydrogen-bond donors (Lipinski definition) is 2. The van der Waals surface area contributed by atoms with Crippen molar-refractivity contribution in [3.8, 4) is 0 Å². The van der Waals surface area contributed by atoms with Crippen molar-refractivity contribution in [3.05, 3.63) is 63.3 Å². The number of carboxylic acid groups (broad SMARTS) is 1. The number of thiazole rings is 1. The minimum absolute atomic E-state index is 0.0271. The number of nitrogens with zero attached hydrogens (tertiary/aromatic N) is 4. The highest BCUT2D eigenvalue weighted by atomic mass is 32.1. The first-order valence-electron chi connectivity index (χ1n) is 13.7. The molecule has 2 aromatic rings. The number of carbonyl (C=O) groups is 2. The molecular weight excluding hydrogens is 594 g/mol. The van der Waals surface area contributed by atoms with Crippen molar-refractivity contribution in [2.75, 3.05) is 32.8 Å². The number of aliphatic carboxylic acids is 1. The minimum atomic E-state index is -3.24. The number of ether oxygens (including phenoxy) is 1. The van der Waals surface area contributed by atoms with Gasteiger partial charge < -0.3 is 15.2 Å². The summed E-state index contributed by atoms with van der Waals surface area (Å²) in [6.45, 7) is 3.55. The molecule has 232 valence electrons. The fraction of sp³-hybridized carbons (Fsp3) is 0.500. The summed E-state index contributed by atoms with van der Waals surface area (Å²) in [5, 5.41) is 15.7. The van der Waals surface area contributed by atoms with Crippen molar-refractivity contribution in [1.82, 2.24) is 20.3 Å². The minimum Gasteiger partial charge on any atom is -0.481 e. The Bertz CT molecular complexity index is 1450. The molecule has 1 aromatic heterocycles. The summed E-state index contributed by atoms with van der Waals surface area (Å²) in [5.74, 6) is -7.32. The number of nitrogens with one attached hydrogen (secondary N) is 1. The van der Waals surface area contributed by atoms with Crippen LogP contribution >= 0.6 is 11.3 Å². The van der Waals surface area contributed by atoms with Crippen LogP contribution in [0.2, 0.25) is 0 Å². The Labute approximate surface area is 249 Å². The van der Waals surface area contributed by atoms with E-state index in [1.807, 2.05) is 0 Å². The zero-order valence-electron chi connectivity index (χ0n) is 23.7. The van der Waals surface area contributed by atoms with Crippen LogP contribution in [0.4, 0.5) is 17.6 Å². The van der Waals surface area contributed by atoms with E-state index in [1.54, 1.807) is 12.3 Å². The van der Waals surface area contributed by atoms with Gasteiger partial charge in [-0.15, -0.1) is 11.3 Å². The summed E-state index contributed by atoms with van der Waals surface area (Å²) in [6, 6.07) is 0.00535. The summed E-state index contributed by atoms with van der Waals surface area (Å²) in [7, 11) is 0. The highest BCUT2D eigenvalue weighted by molar-refractivity contribution is 7.11. The smallest absolute Gasteiger partial charge is 0.338 e. The molecule has 3 aliphatic rings. The van der Waals surface area contributed by atoms with E-state index in [1.165, 1.54) is 48.4 Å². The van der Waals surface area contributed by atoms with E-state index in [4.69, 9.17) is 9.57 Å². The Morgan fingerprint density at radius 3 is 2.74 bits per heavy atom. The van der Waals surface area contributed by atoms with Crippen LogP contribution in [0.5, 0.6) is 0 Å². The molecule has 0 radical (unpaired) electrons. The third-order valence-corrected chi connectivity index (χ3v) is 8.61. The third-order valence-electron chi connectivity index (χ3n) is 7.83. The fourth-order valence-electron chi connectivity index (χ4n) is 5.47. The van der Waals surface area contributed by atoms with Gasteiger partial charge in [-0.3, -0.25) is 19.5 Å². The van der Waals surface area contributed by atoms with Gasteiger partial charge in [0.25, 0.3) is 5.92 Å². The summed E-state index contributed by atoms with van der Waals surface area (Å²) in [5.41, 5.74) is -1.38. The van der Waals surface area contributed by atoms with Gasteiger partial charge in [0, 0.05) is 35.9 Å². The fourth-order valence-corrected chi connectivity index (χ4v) is 6.05. The van der Waals surface area contributed by atoms with Crippen LogP contribution in [0.15, 0.2) is 46.0 Å². The van der Waals surface area contributed by atoms with E-state index in [9.17, 15) is 19.1 Å². The zero-order valence-corrected chi connectivity index (χ0v) is 24.5. The molecule has 10 nitrogen and oxygen atoms in total. The lowest BCUT2D eigenvalue weighted by Crippen LogP contribution is -2.46. The highest BCUT2D eigenvalue weighted by Gasteiger charge is 2.61. The zero-order chi connectivity index (χ0) is 31.1. The van der Waals surface area contributed by atoms with Gasteiger partial charge >= 0.3 is 11.9 Å². The van der Waals surface area contributed by atoms with Crippen LogP contribution in [0, 0.1) is 17.0 Å². The maximum Gasteiger partial charge on any atom is 0.338 e. The standard InChI is InChI=1S/C28H31F4N5O5S/c1-4-41-25(38)19-17(34-23(24-33-9-11-43-24)35-21(19)15-6-5-7-16(29)20(15)30)12-36-14-28(31,32)22-18(36)13-42-37(22)10-8-27(2,3)26(39)40/h5-7,9,11,18,21-22H,4,8,10,12-14H2,1-3H3,(H,34,35)(H,39,40)/t18-,21?,22+/m0/s1. The number of esters is 1. The lowest BCUT2D eigenvalue weighted by Gasteiger charge is -2.30. The second-order valence-corrected chi connectivity index (χ2v) is 12.0. The van der Waals surface area contributed by atoms with Gasteiger partial charge in [0.15, 0.2) is 22.5 Å². The number of hydrogen-bond acceptors (Lipinski definition) is 10. The number of hydroxylamine groups is 2. The molecule has 43 heavy (non-hydrogen) atoms. The number of aliphatic imine (C=N–C) groups is 1. The average molecular weight is 626 g/mol. The maximum atomic E-state index is 15.5. The molecule has 1 aromatic carbocycles. The molecule has 3 aliphatic heterocycles. The molecule has 2 fully saturated rings. The van der Waals surface area contributed by atoms with Crippen LogP contribution in [0.3, 0.4) is 0 Å². The second kappa shape index (κ2) is 11.9. The molecule has 2 saturated heterocycles. The van der Waals surface area contributed by atoms with Crippen molar-refractivity contribution in [3.63, 3.8) is 0 Å². The predicted octanol–water partition coefficient (Wildman–Crippen LogP) is 3.77. The van der Waals surface area contributed by atoms with Gasteiger partial charge in [0.1, 0.15) is 12.1 Å². The lowest BCUT2D eigenvalue weighted by atomic mass is 9.89. The molecule has 0 spiro atoms. The van der Waals surface area contributed by atoms with Crippen molar-refractivity contribution in [2.24, 2.45) is 10.4 Å². The molecule has 0 amide bonds. The van der Waals surface area contributed by atoms with Crippen molar-refractivity contribution < 1.29 is 41.8 Å². The largest absolute Gasteiger partial charge is 0.481 e. The Kier molecular flexibility index (Phi) is 8.62. The molecule has 0 aliphatic carbocycles. The number of carboxylic acids is 1. The Morgan fingerprint density at radius 1 is 1.30 bits per heavy atom. The monoisotopic (exact) mass is 625 g/mol. The topological polar surface area (TPSA) is 117 Å². The van der Waals surface area contributed by atoms with Gasteiger partial charge in [0.2, 0.25) is 0 Å². The number of alkyl halides is 2. The average Bonchev–Trinajstić information content (AvgIpc) is 3.68. The predicted molar refractivity (Wildman–Crippen MR) is 147 cm³/mol. The van der Waals surface area contributed by atoms with Crippen molar-refractivity contribution >= 4 is 29.1 Å². The SMILES string of the molecule is CCOC(=O)C1=C(CN2CC(F)(F)[C@H]3[C@@H]2CON3CCC(C)(C)C(=O)O)NC(c2nccs2)=NC1c1cccc(F)c1F. The first-order valence-corrected chi connectivity index (χ1v) is 14.6. The summed E-state index contributed by atoms with van der Waals surface area (Å²) in [6.07, 6.45) is 1.60. The third kappa shape index (κ3) is 6.03. The van der Waals surface area contributed by atoms with Crippen LogP contribution in [0.1, 0.15) is 43.8 Å². The number of likely N-dealkylation sites (tertiary alicyclic amines) is 1. The normalized spacial score (nSPS) is 24.1. The molecule has 2 N–H and O–H groups in total. The summed E-state index contributed by atoms with van der Waals surface area (Å²) < 4.78 is 65.8. The van der Waals surface area contributed by atoms with Gasteiger partial charge in [0.05, 0.1) is 36.8 Å². The number of halogens is 4. The van der Waals surface area contributed by atoms with Crippen molar-refractivity contribution in [1.29, 1.82) is 0 Å². The summed E-state index contributed by atoms with van der Waals surface area (Å²) in [4.78, 5) is 40.7. The first-order chi connectivity index (χ1) is 20.3. The molecule has 15 heteroatoms. The van der Waals surface area contributed by atoms with Crippen LogP contribution in [0.25, 0.3) is 0 Å². The number of carbonyl (C=O) groups excluding carboxylic acids is 1. The molecule has 5 rings (SSSR count). The van der Waals surface area contributed by atoms with E-state index in [-0.39, 0.29) is 55.4 Å². The highest BCUT2D eigenvalue weighted by Crippen LogP contribution is 2.42. The number of amidine groups is 1. The van der Waals surface area contributed by atoms with Gasteiger partial charge in [-0.25, -0.2) is 27.3 Å². The second-order valence-electron chi connectivity index (χ2n) is 11.2. The molecule has 4 heterocycles. The van der Waals surface area contributed by atoms with Crippen molar-refractivity contribution in [2.45, 2.75) is 51.2 Å². The van der Waals surface area contributed by atoms with Crippen LogP contribution in [-0.4, -0.2) is 88.7 Å². The van der Waals surface area contributed by atoms with Gasteiger partial charge in [-0.2, -0.15) is 5.06 Å². The molecule has 0 bridgehead atoms. The van der Waals surface area contributed by atoms with Gasteiger partial charge in [-0.05, 0) is 33.3 Å². The summed E-state index contributed by atoms with van der Waals surface area (Å²) >= 11 is 1.21. The number of fused-ring (bicyclic) bond motifs is 1. The van der Waals surface area contributed by atoms with E-state index >= 15 is 13.2 Å². The maximum absolute atomic E-state index is 15.5. The van der Waals surface area contributed by atoms with Crippen LogP contribution < -0.4 is 5.32 Å². The van der Waals surface area contributed by atoms with E-state index in [0.29, 0.717) is 5.01 Å². The Morgan fingerprint density at radius 2 is 2.07 bits per heavy atom. The molecule has 3 atom stereocenters. The van der Waals surface area contributed by atoms with Crippen LogP contribution in [-0.2, 0) is 19.2 Å². The first kappa shape index (κ1) is 31.0. The van der Waals surface area contributed by atoms with E-state index in [0.717, 1.165) is 11.1 Å². The quantitative estimate of drug-likeness (QED) is 0.301. The molecule has 1 unspecified atom stereocenters. The number of rotatable bonds is 10. The number of benzene rings is 1. The Hall–Kier alpha value is -3.40. The Balaban J connectivity index is 1.51. The van der Waals surface area contributed by atoms with E-state index < -0.39 is 59.6 Å². The van der Waals surface area contributed by atoms with Gasteiger partial charge in [-0.1, -0.05) is 12.1 Å². The van der Waals surface area contributed by atoms with E-state index in [2.05, 4.69) is 15.3 Å². The molecular formula is C28H31F4N5O5S. The molecule has 0 saturated carbocycles. The lowest BCUT2D eigenvalue weighted by molar-refractivity contribution is -0.186.